The van der Waals surface area contributed by atoms with Crippen LogP contribution in [0.2, 0.25) is 0 Å². The second-order valence-corrected chi connectivity index (χ2v) is 7.56. The lowest BCUT2D eigenvalue weighted by Gasteiger charge is -2.24. The summed E-state index contributed by atoms with van der Waals surface area (Å²) < 4.78 is 16.8. The molecule has 2 aromatic carbocycles. The second kappa shape index (κ2) is 10.8. The first kappa shape index (κ1) is 22.6. The Kier molecular flexibility index (Phi) is 7.89. The minimum atomic E-state index is -0.131. The SMILES string of the molecule is CCOc1cc(C2=NN(C(=O)c3cccc(OCCN(C)C)c3)CCC2)ccc1OC. The maximum atomic E-state index is 13.1. The number of hydrazone groups is 1. The summed E-state index contributed by atoms with van der Waals surface area (Å²) in [5.74, 6) is 1.91. The first-order valence-corrected chi connectivity index (χ1v) is 10.6. The average molecular weight is 426 g/mol. The smallest absolute Gasteiger partial charge is 0.274 e. The van der Waals surface area contributed by atoms with Crippen LogP contribution < -0.4 is 14.2 Å². The fourth-order valence-corrected chi connectivity index (χ4v) is 3.33. The van der Waals surface area contributed by atoms with Crippen molar-refractivity contribution in [2.75, 3.05) is 47.5 Å². The lowest BCUT2D eigenvalue weighted by atomic mass is 10.0. The zero-order chi connectivity index (χ0) is 22.2. The number of ether oxygens (including phenoxy) is 3. The van der Waals surface area contributed by atoms with Crippen molar-refractivity contribution in [3.8, 4) is 17.2 Å². The molecule has 7 nitrogen and oxygen atoms in total. The third kappa shape index (κ3) is 5.98. The summed E-state index contributed by atoms with van der Waals surface area (Å²) in [6.45, 7) is 4.44. The molecule has 1 aliphatic rings. The van der Waals surface area contributed by atoms with E-state index in [-0.39, 0.29) is 5.91 Å². The van der Waals surface area contributed by atoms with Gasteiger partial charge >= 0.3 is 0 Å². The highest BCUT2D eigenvalue weighted by molar-refractivity contribution is 6.03. The van der Waals surface area contributed by atoms with Crippen molar-refractivity contribution in [1.29, 1.82) is 0 Å². The highest BCUT2D eigenvalue weighted by Gasteiger charge is 2.22. The Bertz CT molecular complexity index is 927. The van der Waals surface area contributed by atoms with Gasteiger partial charge in [0, 0.05) is 24.2 Å². The molecular weight excluding hydrogens is 394 g/mol. The molecule has 0 unspecified atom stereocenters. The van der Waals surface area contributed by atoms with Gasteiger partial charge in [0.2, 0.25) is 0 Å². The van der Waals surface area contributed by atoms with Gasteiger partial charge in [-0.1, -0.05) is 6.07 Å². The number of amides is 1. The molecule has 1 amide bonds. The summed E-state index contributed by atoms with van der Waals surface area (Å²) in [7, 11) is 5.61. The number of hydrogen-bond donors (Lipinski definition) is 0. The van der Waals surface area contributed by atoms with E-state index in [4.69, 9.17) is 14.2 Å². The molecule has 0 spiro atoms. The number of benzene rings is 2. The van der Waals surface area contributed by atoms with Gasteiger partial charge in [-0.2, -0.15) is 5.10 Å². The monoisotopic (exact) mass is 425 g/mol. The predicted octanol–water partition coefficient (Wildman–Crippen LogP) is 3.67. The molecule has 31 heavy (non-hydrogen) atoms. The maximum absolute atomic E-state index is 13.1. The average Bonchev–Trinajstić information content (AvgIpc) is 2.79. The lowest BCUT2D eigenvalue weighted by molar-refractivity contribution is 0.0751. The molecule has 1 heterocycles. The van der Waals surface area contributed by atoms with Crippen LogP contribution in [-0.2, 0) is 0 Å². The third-order valence-corrected chi connectivity index (χ3v) is 4.94. The van der Waals surface area contributed by atoms with Crippen molar-refractivity contribution in [3.63, 3.8) is 0 Å². The van der Waals surface area contributed by atoms with Gasteiger partial charge in [0.1, 0.15) is 12.4 Å². The minimum absolute atomic E-state index is 0.131. The highest BCUT2D eigenvalue weighted by Crippen LogP contribution is 2.29. The first-order chi connectivity index (χ1) is 15.0. The summed E-state index contributed by atoms with van der Waals surface area (Å²) >= 11 is 0. The molecular formula is C24H31N3O4. The molecule has 1 aliphatic heterocycles. The van der Waals surface area contributed by atoms with Crippen molar-refractivity contribution in [3.05, 3.63) is 53.6 Å². The van der Waals surface area contributed by atoms with Gasteiger partial charge in [-0.25, -0.2) is 5.01 Å². The number of rotatable bonds is 9. The van der Waals surface area contributed by atoms with Crippen molar-refractivity contribution < 1.29 is 19.0 Å². The fraction of sp³-hybridized carbons (Fsp3) is 0.417. The van der Waals surface area contributed by atoms with Crippen molar-refractivity contribution in [1.82, 2.24) is 9.91 Å². The van der Waals surface area contributed by atoms with Crippen LogP contribution in [0.5, 0.6) is 17.2 Å². The van der Waals surface area contributed by atoms with Gasteiger partial charge in [-0.3, -0.25) is 4.79 Å². The Morgan fingerprint density at radius 2 is 1.97 bits per heavy atom. The van der Waals surface area contributed by atoms with E-state index in [1.165, 1.54) is 0 Å². The van der Waals surface area contributed by atoms with Crippen LogP contribution in [0.15, 0.2) is 47.6 Å². The topological polar surface area (TPSA) is 63.6 Å². The van der Waals surface area contributed by atoms with Gasteiger partial charge < -0.3 is 19.1 Å². The number of carbonyl (C=O) groups excluding carboxylic acids is 1. The summed E-state index contributed by atoms with van der Waals surface area (Å²) in [4.78, 5) is 15.1. The number of carbonyl (C=O) groups is 1. The number of likely N-dealkylation sites (N-methyl/N-ethyl adjacent to an activating group) is 1. The van der Waals surface area contributed by atoms with Crippen LogP contribution in [0.1, 0.15) is 35.7 Å². The van der Waals surface area contributed by atoms with E-state index in [0.29, 0.717) is 42.6 Å². The van der Waals surface area contributed by atoms with Crippen LogP contribution in [0.3, 0.4) is 0 Å². The normalized spacial score (nSPS) is 13.7. The zero-order valence-corrected chi connectivity index (χ0v) is 18.8. The van der Waals surface area contributed by atoms with E-state index < -0.39 is 0 Å². The Morgan fingerprint density at radius 3 is 2.71 bits per heavy atom. The van der Waals surface area contributed by atoms with Gasteiger partial charge in [0.25, 0.3) is 5.91 Å². The second-order valence-electron chi connectivity index (χ2n) is 7.56. The minimum Gasteiger partial charge on any atom is -0.493 e. The molecule has 3 rings (SSSR count). The molecule has 2 aromatic rings. The highest BCUT2D eigenvalue weighted by atomic mass is 16.5. The molecule has 0 radical (unpaired) electrons. The molecule has 0 saturated carbocycles. The Hall–Kier alpha value is -3.06. The summed E-state index contributed by atoms with van der Waals surface area (Å²) in [6, 6.07) is 13.0. The molecule has 0 aromatic heterocycles. The standard InChI is InChI=1S/C24H31N3O4/c1-5-30-23-17-18(11-12-22(23)29-4)21-10-7-13-27(25-21)24(28)19-8-6-9-20(16-19)31-15-14-26(2)3/h6,8-9,11-12,16-17H,5,7,10,13-15H2,1-4H3. The molecule has 0 saturated heterocycles. The van der Waals surface area contributed by atoms with E-state index in [9.17, 15) is 4.79 Å². The quantitative estimate of drug-likeness (QED) is 0.613. The van der Waals surface area contributed by atoms with Gasteiger partial charge in [0.15, 0.2) is 11.5 Å². The van der Waals surface area contributed by atoms with E-state index in [1.807, 2.05) is 51.4 Å². The van der Waals surface area contributed by atoms with Crippen LogP contribution in [0.4, 0.5) is 0 Å². The van der Waals surface area contributed by atoms with Crippen molar-refractivity contribution >= 4 is 11.6 Å². The molecule has 0 aliphatic carbocycles. The summed E-state index contributed by atoms with van der Waals surface area (Å²) in [5.41, 5.74) is 2.36. The summed E-state index contributed by atoms with van der Waals surface area (Å²) in [6.07, 6.45) is 1.65. The van der Waals surface area contributed by atoms with E-state index in [1.54, 1.807) is 24.3 Å². The number of methoxy groups -OCH3 is 1. The lowest BCUT2D eigenvalue weighted by Crippen LogP contribution is -2.32. The first-order valence-electron chi connectivity index (χ1n) is 10.6. The van der Waals surface area contributed by atoms with E-state index >= 15 is 0 Å². The summed E-state index contributed by atoms with van der Waals surface area (Å²) in [5, 5.41) is 6.20. The Balaban J connectivity index is 1.77. The van der Waals surface area contributed by atoms with Crippen molar-refractivity contribution in [2.45, 2.75) is 19.8 Å². The number of hydrogen-bond acceptors (Lipinski definition) is 6. The maximum Gasteiger partial charge on any atom is 0.274 e. The fourth-order valence-electron chi connectivity index (χ4n) is 3.33. The molecule has 0 fully saturated rings. The predicted molar refractivity (Wildman–Crippen MR) is 121 cm³/mol. The Labute approximate surface area is 184 Å². The van der Waals surface area contributed by atoms with Crippen LogP contribution in [-0.4, -0.2) is 69.0 Å². The molecule has 0 N–H and O–H groups in total. The van der Waals surface area contributed by atoms with Gasteiger partial charge in [-0.15, -0.1) is 0 Å². The zero-order valence-electron chi connectivity index (χ0n) is 18.8. The molecule has 0 bridgehead atoms. The molecule has 166 valence electrons. The van der Waals surface area contributed by atoms with E-state index in [2.05, 4.69) is 10.0 Å². The van der Waals surface area contributed by atoms with Gasteiger partial charge in [0.05, 0.1) is 19.4 Å². The van der Waals surface area contributed by atoms with Crippen molar-refractivity contribution in [2.24, 2.45) is 5.10 Å². The number of nitrogens with zero attached hydrogens (tertiary/aromatic N) is 3. The van der Waals surface area contributed by atoms with Gasteiger partial charge in [-0.05, 0) is 70.3 Å². The van der Waals surface area contributed by atoms with Crippen LogP contribution in [0.25, 0.3) is 0 Å². The third-order valence-electron chi connectivity index (χ3n) is 4.94. The van der Waals surface area contributed by atoms with Crippen LogP contribution >= 0.6 is 0 Å². The molecule has 0 atom stereocenters. The van der Waals surface area contributed by atoms with E-state index in [0.717, 1.165) is 30.7 Å². The molecule has 7 heteroatoms. The van der Waals surface area contributed by atoms with Crippen LogP contribution in [0, 0.1) is 0 Å². The Morgan fingerprint density at radius 1 is 1.13 bits per heavy atom. The largest absolute Gasteiger partial charge is 0.493 e.